The Labute approximate surface area is 120 Å². The van der Waals surface area contributed by atoms with Crippen LogP contribution in [0.5, 0.6) is 0 Å². The van der Waals surface area contributed by atoms with Gasteiger partial charge in [-0.2, -0.15) is 0 Å². The van der Waals surface area contributed by atoms with Gasteiger partial charge in [0.25, 0.3) is 0 Å². The molecule has 0 aliphatic heterocycles. The van der Waals surface area contributed by atoms with Crippen LogP contribution in [0.3, 0.4) is 0 Å². The fourth-order valence-electron chi connectivity index (χ4n) is 1.67. The number of aliphatic hydroxyl groups is 1. The van der Waals surface area contributed by atoms with E-state index >= 15 is 0 Å². The number of rotatable bonds is 7. The third kappa shape index (κ3) is 5.40. The first-order chi connectivity index (χ1) is 8.15. The van der Waals surface area contributed by atoms with Gasteiger partial charge in [0, 0.05) is 22.1 Å². The maximum atomic E-state index is 8.67. The molecule has 4 heteroatoms. The average Bonchev–Trinajstić information content (AvgIpc) is 2.26. The number of anilines is 1. The Kier molecular flexibility index (Phi) is 7.16. The van der Waals surface area contributed by atoms with E-state index in [1.807, 2.05) is 0 Å². The van der Waals surface area contributed by atoms with Gasteiger partial charge in [0.1, 0.15) is 0 Å². The van der Waals surface area contributed by atoms with Crippen LogP contribution in [0.1, 0.15) is 31.2 Å². The molecule has 0 spiro atoms. The minimum atomic E-state index is 0.308. The highest BCUT2D eigenvalue weighted by Crippen LogP contribution is 2.32. The highest BCUT2D eigenvalue weighted by Gasteiger charge is 2.05. The second-order valence-corrected chi connectivity index (χ2v) is 5.88. The number of hydrogen-bond donors (Lipinski definition) is 2. The molecule has 0 unspecified atom stereocenters. The van der Waals surface area contributed by atoms with Crippen molar-refractivity contribution < 1.29 is 5.11 Å². The molecule has 0 radical (unpaired) electrons. The topological polar surface area (TPSA) is 32.3 Å². The van der Waals surface area contributed by atoms with Gasteiger partial charge in [0.2, 0.25) is 0 Å². The number of hydrogen-bond acceptors (Lipinski definition) is 2. The lowest BCUT2D eigenvalue weighted by atomic mass is 10.2. The Bertz CT molecular complexity index is 332. The summed E-state index contributed by atoms with van der Waals surface area (Å²) in [4.78, 5) is 0. The lowest BCUT2D eigenvalue weighted by Crippen LogP contribution is -2.03. The number of aliphatic hydroxyl groups excluding tert-OH is 1. The van der Waals surface area contributed by atoms with Crippen molar-refractivity contribution in [2.75, 3.05) is 18.5 Å². The molecule has 96 valence electrons. The third-order valence-electron chi connectivity index (χ3n) is 2.57. The molecule has 0 aliphatic carbocycles. The summed E-state index contributed by atoms with van der Waals surface area (Å²) in [5.74, 6) is 0. The molecule has 17 heavy (non-hydrogen) atoms. The lowest BCUT2D eigenvalue weighted by molar-refractivity contribution is 0.283. The van der Waals surface area contributed by atoms with Crippen LogP contribution in [-0.4, -0.2) is 18.3 Å². The number of benzene rings is 1. The molecular formula is C13H19Br2NO. The Morgan fingerprint density at radius 2 is 1.65 bits per heavy atom. The predicted octanol–water partition coefficient (Wildman–Crippen LogP) is 4.48. The van der Waals surface area contributed by atoms with Gasteiger partial charge in [-0.25, -0.2) is 0 Å². The SMILES string of the molecule is Cc1cc(Br)c(NCCCCCCO)c(Br)c1. The van der Waals surface area contributed by atoms with Gasteiger partial charge in [-0.15, -0.1) is 0 Å². The first-order valence-corrected chi connectivity index (χ1v) is 7.54. The smallest absolute Gasteiger partial charge is 0.0629 e. The van der Waals surface area contributed by atoms with E-state index in [1.54, 1.807) is 0 Å². The van der Waals surface area contributed by atoms with Crippen molar-refractivity contribution in [3.63, 3.8) is 0 Å². The first-order valence-electron chi connectivity index (χ1n) is 5.95. The normalized spacial score (nSPS) is 10.6. The van der Waals surface area contributed by atoms with E-state index in [0.717, 1.165) is 46.9 Å². The van der Waals surface area contributed by atoms with E-state index in [0.29, 0.717) is 6.61 Å². The second kappa shape index (κ2) is 8.11. The van der Waals surface area contributed by atoms with Crippen LogP contribution in [-0.2, 0) is 0 Å². The summed E-state index contributed by atoms with van der Waals surface area (Å²) >= 11 is 7.13. The molecule has 1 aromatic rings. The zero-order valence-electron chi connectivity index (χ0n) is 10.1. The Hall–Kier alpha value is -0.0600. The van der Waals surface area contributed by atoms with Crippen LogP contribution in [0, 0.1) is 6.92 Å². The Morgan fingerprint density at radius 3 is 2.24 bits per heavy atom. The maximum absolute atomic E-state index is 8.67. The molecule has 1 rings (SSSR count). The number of halogens is 2. The van der Waals surface area contributed by atoms with E-state index in [-0.39, 0.29) is 0 Å². The van der Waals surface area contributed by atoms with Gasteiger partial charge >= 0.3 is 0 Å². The fraction of sp³-hybridized carbons (Fsp3) is 0.538. The summed E-state index contributed by atoms with van der Waals surface area (Å²) in [6.45, 7) is 3.35. The number of aryl methyl sites for hydroxylation is 1. The second-order valence-electron chi connectivity index (χ2n) is 4.17. The quantitative estimate of drug-likeness (QED) is 0.699. The Balaban J connectivity index is 2.36. The van der Waals surface area contributed by atoms with Crippen molar-refractivity contribution in [3.8, 4) is 0 Å². The summed E-state index contributed by atoms with van der Waals surface area (Å²) in [6.07, 6.45) is 4.31. The van der Waals surface area contributed by atoms with E-state index in [1.165, 1.54) is 5.56 Å². The summed E-state index contributed by atoms with van der Waals surface area (Å²) in [5.41, 5.74) is 2.36. The predicted molar refractivity (Wildman–Crippen MR) is 80.6 cm³/mol. The van der Waals surface area contributed by atoms with Crippen molar-refractivity contribution in [1.29, 1.82) is 0 Å². The molecule has 0 amide bonds. The molecule has 2 nitrogen and oxygen atoms in total. The van der Waals surface area contributed by atoms with Gasteiger partial charge in [-0.05, 0) is 69.3 Å². The van der Waals surface area contributed by atoms with Crippen molar-refractivity contribution in [1.82, 2.24) is 0 Å². The summed E-state index contributed by atoms with van der Waals surface area (Å²) in [7, 11) is 0. The maximum Gasteiger partial charge on any atom is 0.0629 e. The molecule has 0 saturated carbocycles. The van der Waals surface area contributed by atoms with E-state index in [9.17, 15) is 0 Å². The highest BCUT2D eigenvalue weighted by molar-refractivity contribution is 9.11. The molecular weight excluding hydrogens is 346 g/mol. The van der Waals surface area contributed by atoms with Crippen LogP contribution in [0.4, 0.5) is 5.69 Å². The van der Waals surface area contributed by atoms with Crippen molar-refractivity contribution in [3.05, 3.63) is 26.6 Å². The van der Waals surface area contributed by atoms with Crippen LogP contribution in [0.25, 0.3) is 0 Å². The van der Waals surface area contributed by atoms with Crippen molar-refractivity contribution in [2.45, 2.75) is 32.6 Å². The molecule has 2 N–H and O–H groups in total. The largest absolute Gasteiger partial charge is 0.396 e. The summed E-state index contributed by atoms with van der Waals surface area (Å²) in [5, 5.41) is 12.1. The Morgan fingerprint density at radius 1 is 1.06 bits per heavy atom. The molecule has 0 heterocycles. The minimum Gasteiger partial charge on any atom is -0.396 e. The minimum absolute atomic E-state index is 0.308. The van der Waals surface area contributed by atoms with Crippen molar-refractivity contribution >= 4 is 37.5 Å². The molecule has 0 atom stereocenters. The van der Waals surface area contributed by atoms with Gasteiger partial charge in [0.15, 0.2) is 0 Å². The molecule has 0 bridgehead atoms. The first kappa shape index (κ1) is 15.0. The van der Waals surface area contributed by atoms with Crippen LogP contribution in [0.2, 0.25) is 0 Å². The fourth-order valence-corrected chi connectivity index (χ4v) is 3.37. The molecule has 0 fully saturated rings. The number of nitrogens with one attached hydrogen (secondary N) is 1. The van der Waals surface area contributed by atoms with Crippen molar-refractivity contribution in [2.24, 2.45) is 0 Å². The van der Waals surface area contributed by atoms with Crippen LogP contribution < -0.4 is 5.32 Å². The lowest BCUT2D eigenvalue weighted by Gasteiger charge is -2.11. The average molecular weight is 365 g/mol. The van der Waals surface area contributed by atoms with Gasteiger partial charge in [0.05, 0.1) is 5.69 Å². The monoisotopic (exact) mass is 363 g/mol. The van der Waals surface area contributed by atoms with Gasteiger partial charge in [-0.3, -0.25) is 0 Å². The third-order valence-corrected chi connectivity index (χ3v) is 3.82. The van der Waals surface area contributed by atoms with Gasteiger partial charge in [-0.1, -0.05) is 12.8 Å². The van der Waals surface area contributed by atoms with Crippen LogP contribution >= 0.6 is 31.9 Å². The molecule has 0 saturated heterocycles. The van der Waals surface area contributed by atoms with Crippen LogP contribution in [0.15, 0.2) is 21.1 Å². The van der Waals surface area contributed by atoms with E-state index in [4.69, 9.17) is 5.11 Å². The highest BCUT2D eigenvalue weighted by atomic mass is 79.9. The zero-order valence-corrected chi connectivity index (χ0v) is 13.3. The molecule has 0 aromatic heterocycles. The zero-order chi connectivity index (χ0) is 12.7. The van der Waals surface area contributed by atoms with E-state index in [2.05, 4.69) is 56.2 Å². The summed E-state index contributed by atoms with van der Waals surface area (Å²) in [6, 6.07) is 4.22. The standard InChI is InChI=1S/C13H19Br2NO/c1-10-8-11(14)13(12(15)9-10)16-6-4-2-3-5-7-17/h8-9,16-17H,2-7H2,1H3. The molecule has 0 aliphatic rings. The molecule has 1 aromatic carbocycles. The van der Waals surface area contributed by atoms with Gasteiger partial charge < -0.3 is 10.4 Å². The number of unbranched alkanes of at least 4 members (excludes halogenated alkanes) is 3. The summed E-state index contributed by atoms with van der Waals surface area (Å²) < 4.78 is 2.19. The van der Waals surface area contributed by atoms with E-state index < -0.39 is 0 Å².